The molecule has 3 heteroatoms. The van der Waals surface area contributed by atoms with Gasteiger partial charge in [0, 0.05) is 0 Å². The molecule has 54 valence electrons. The fraction of sp³-hybridized carbons (Fsp3) is 0.857. The third-order valence-electron chi connectivity index (χ3n) is 2.46. The zero-order valence-electron chi connectivity index (χ0n) is 5.45. The lowest BCUT2D eigenvalue weighted by Gasteiger charge is -1.86. The molecule has 0 aromatic carbocycles. The number of epoxide rings is 2. The zero-order valence-corrected chi connectivity index (χ0v) is 5.45. The largest absolute Gasteiger partial charge is 0.361 e. The van der Waals surface area contributed by atoms with Crippen LogP contribution in [0.4, 0.5) is 0 Å². The minimum Gasteiger partial charge on any atom is -0.361 e. The minimum absolute atomic E-state index is 0.0856. The first-order valence-corrected chi connectivity index (χ1v) is 3.71. The van der Waals surface area contributed by atoms with E-state index >= 15 is 0 Å². The number of hydrogen-bond donors (Lipinski definition) is 0. The van der Waals surface area contributed by atoms with Crippen molar-refractivity contribution in [2.75, 3.05) is 0 Å². The van der Waals surface area contributed by atoms with Gasteiger partial charge in [-0.05, 0) is 12.8 Å². The molecule has 0 N–H and O–H groups in total. The molecule has 2 saturated heterocycles. The van der Waals surface area contributed by atoms with E-state index in [1.54, 1.807) is 0 Å². The number of hydrogen-bond acceptors (Lipinski definition) is 3. The lowest BCUT2D eigenvalue weighted by molar-refractivity contribution is -0.121. The maximum atomic E-state index is 11.2. The van der Waals surface area contributed by atoms with Crippen LogP contribution in [0, 0.1) is 0 Å². The zero-order chi connectivity index (χ0) is 6.72. The molecule has 4 unspecified atom stereocenters. The Bertz CT molecular complexity index is 181. The Hall–Kier alpha value is -0.410. The molecule has 0 radical (unpaired) electrons. The summed E-state index contributed by atoms with van der Waals surface area (Å²) in [5.74, 6) is 0.188. The van der Waals surface area contributed by atoms with E-state index in [9.17, 15) is 4.79 Å². The summed E-state index contributed by atoms with van der Waals surface area (Å²) in [5, 5.41) is 0. The Morgan fingerprint density at radius 2 is 1.60 bits per heavy atom. The van der Waals surface area contributed by atoms with Gasteiger partial charge in [0.25, 0.3) is 0 Å². The van der Waals surface area contributed by atoms with Crippen molar-refractivity contribution in [2.24, 2.45) is 0 Å². The summed E-state index contributed by atoms with van der Waals surface area (Å²) in [6.45, 7) is 0. The third kappa shape index (κ3) is 0.545. The summed E-state index contributed by atoms with van der Waals surface area (Å²) >= 11 is 0. The summed E-state index contributed by atoms with van der Waals surface area (Å²) in [7, 11) is 0. The van der Waals surface area contributed by atoms with Gasteiger partial charge in [0.05, 0.1) is 12.2 Å². The van der Waals surface area contributed by atoms with Gasteiger partial charge in [-0.3, -0.25) is 4.79 Å². The number of carbonyl (C=O) groups is 1. The molecular formula is C7H8O3. The molecule has 0 aromatic heterocycles. The summed E-state index contributed by atoms with van der Waals surface area (Å²) in [4.78, 5) is 11.2. The van der Waals surface area contributed by atoms with Gasteiger partial charge in [0.15, 0.2) is 5.78 Å². The summed E-state index contributed by atoms with van der Waals surface area (Å²) < 4.78 is 10.3. The highest BCUT2D eigenvalue weighted by molar-refractivity contribution is 5.92. The fourth-order valence-corrected chi connectivity index (χ4v) is 1.72. The molecule has 0 aromatic rings. The van der Waals surface area contributed by atoms with E-state index in [0.29, 0.717) is 0 Å². The molecule has 0 spiro atoms. The molecule has 0 bridgehead atoms. The lowest BCUT2D eigenvalue weighted by Crippen LogP contribution is -2.15. The van der Waals surface area contributed by atoms with Crippen LogP contribution >= 0.6 is 0 Å². The van der Waals surface area contributed by atoms with Crippen LogP contribution in [0.15, 0.2) is 0 Å². The van der Waals surface area contributed by atoms with Gasteiger partial charge >= 0.3 is 0 Å². The standard InChI is InChI=1S/C7H8O3/c8-5-6-3(9-6)1-2-4-7(5)10-4/h3-4,6-7H,1-2H2. The van der Waals surface area contributed by atoms with E-state index in [1.165, 1.54) is 0 Å². The fourth-order valence-electron chi connectivity index (χ4n) is 1.72. The molecule has 3 fully saturated rings. The van der Waals surface area contributed by atoms with E-state index in [-0.39, 0.29) is 30.2 Å². The molecule has 2 aliphatic heterocycles. The first kappa shape index (κ1) is 5.27. The third-order valence-corrected chi connectivity index (χ3v) is 2.46. The van der Waals surface area contributed by atoms with Crippen LogP contribution in [0.2, 0.25) is 0 Å². The first-order valence-electron chi connectivity index (χ1n) is 3.71. The average molecular weight is 140 g/mol. The average Bonchev–Trinajstić information content (AvgIpc) is 2.76. The highest BCUT2D eigenvalue weighted by atomic mass is 16.6. The number of carbonyl (C=O) groups excluding carboxylic acids is 1. The number of ketones is 1. The smallest absolute Gasteiger partial charge is 0.195 e. The van der Waals surface area contributed by atoms with Gasteiger partial charge in [-0.15, -0.1) is 0 Å². The van der Waals surface area contributed by atoms with E-state index < -0.39 is 0 Å². The number of rotatable bonds is 0. The lowest BCUT2D eigenvalue weighted by atomic mass is 10.2. The van der Waals surface area contributed by atoms with Crippen molar-refractivity contribution in [1.29, 1.82) is 0 Å². The molecule has 10 heavy (non-hydrogen) atoms. The second-order valence-corrected chi connectivity index (χ2v) is 3.17. The van der Waals surface area contributed by atoms with E-state index in [0.717, 1.165) is 12.8 Å². The van der Waals surface area contributed by atoms with Crippen LogP contribution in [0.3, 0.4) is 0 Å². The van der Waals surface area contributed by atoms with Gasteiger partial charge in [0.2, 0.25) is 0 Å². The highest BCUT2D eigenvalue weighted by Crippen LogP contribution is 2.41. The van der Waals surface area contributed by atoms with Crippen LogP contribution in [-0.2, 0) is 14.3 Å². The normalized spacial score (nSPS) is 56.6. The summed E-state index contributed by atoms with van der Waals surface area (Å²) in [6, 6.07) is 0. The maximum absolute atomic E-state index is 11.2. The van der Waals surface area contributed by atoms with Crippen molar-refractivity contribution in [2.45, 2.75) is 37.3 Å². The van der Waals surface area contributed by atoms with Gasteiger partial charge in [-0.25, -0.2) is 0 Å². The Balaban J connectivity index is 1.88. The molecule has 1 saturated carbocycles. The Morgan fingerprint density at radius 1 is 1.10 bits per heavy atom. The van der Waals surface area contributed by atoms with Crippen molar-refractivity contribution in [3.63, 3.8) is 0 Å². The monoisotopic (exact) mass is 140 g/mol. The van der Waals surface area contributed by atoms with E-state index in [1.807, 2.05) is 0 Å². The van der Waals surface area contributed by atoms with Crippen molar-refractivity contribution in [3.05, 3.63) is 0 Å². The minimum atomic E-state index is -0.0856. The summed E-state index contributed by atoms with van der Waals surface area (Å²) in [5.41, 5.74) is 0. The van der Waals surface area contributed by atoms with Gasteiger partial charge in [-0.2, -0.15) is 0 Å². The predicted octanol–water partition coefficient (Wildman–Crippen LogP) is -0.116. The van der Waals surface area contributed by atoms with Crippen molar-refractivity contribution >= 4 is 5.78 Å². The van der Waals surface area contributed by atoms with Gasteiger partial charge in [0.1, 0.15) is 12.2 Å². The van der Waals surface area contributed by atoms with E-state index in [4.69, 9.17) is 9.47 Å². The second kappa shape index (κ2) is 1.43. The maximum Gasteiger partial charge on any atom is 0.195 e. The SMILES string of the molecule is O=C1C2OC2CCC2OC12. The molecule has 0 amide bonds. The Labute approximate surface area is 58.3 Å². The molecule has 2 heterocycles. The topological polar surface area (TPSA) is 42.1 Å². The van der Waals surface area contributed by atoms with Gasteiger partial charge in [-0.1, -0.05) is 0 Å². The van der Waals surface area contributed by atoms with Crippen LogP contribution in [0.1, 0.15) is 12.8 Å². The van der Waals surface area contributed by atoms with Crippen LogP contribution in [0.25, 0.3) is 0 Å². The number of Topliss-reactive ketones (excluding diaryl/α,β-unsaturated/α-hetero) is 1. The molecule has 4 atom stereocenters. The molecule has 3 nitrogen and oxygen atoms in total. The molecule has 3 rings (SSSR count). The first-order chi connectivity index (χ1) is 4.86. The van der Waals surface area contributed by atoms with Crippen molar-refractivity contribution in [1.82, 2.24) is 0 Å². The van der Waals surface area contributed by atoms with Crippen molar-refractivity contribution < 1.29 is 14.3 Å². The molecule has 1 aliphatic carbocycles. The van der Waals surface area contributed by atoms with Crippen LogP contribution < -0.4 is 0 Å². The van der Waals surface area contributed by atoms with Crippen molar-refractivity contribution in [3.8, 4) is 0 Å². The predicted molar refractivity (Wildman–Crippen MR) is 31.6 cm³/mol. The van der Waals surface area contributed by atoms with Crippen LogP contribution in [0.5, 0.6) is 0 Å². The quantitative estimate of drug-likeness (QED) is 0.441. The Kier molecular flexibility index (Phi) is 0.754. The second-order valence-electron chi connectivity index (χ2n) is 3.17. The molecular weight excluding hydrogens is 132 g/mol. The number of ether oxygens (including phenoxy) is 2. The Morgan fingerprint density at radius 3 is 2.10 bits per heavy atom. The van der Waals surface area contributed by atoms with E-state index in [2.05, 4.69) is 0 Å². The highest BCUT2D eigenvalue weighted by Gasteiger charge is 2.58. The summed E-state index contributed by atoms with van der Waals surface area (Å²) in [6.07, 6.45) is 2.36. The van der Waals surface area contributed by atoms with Gasteiger partial charge < -0.3 is 9.47 Å². The molecule has 3 aliphatic rings. The van der Waals surface area contributed by atoms with Crippen LogP contribution in [-0.4, -0.2) is 30.2 Å². The number of fused-ring (bicyclic) bond motifs is 2.